The first-order valence-electron chi connectivity index (χ1n) is 11.2. The number of amides is 1. The van der Waals surface area contributed by atoms with Gasteiger partial charge in [0, 0.05) is 11.3 Å². The molecule has 172 valence electrons. The highest BCUT2D eigenvalue weighted by Crippen LogP contribution is 2.38. The van der Waals surface area contributed by atoms with Crippen LogP contribution in [0.3, 0.4) is 0 Å². The van der Waals surface area contributed by atoms with E-state index in [0.717, 1.165) is 11.1 Å². The molecule has 1 atom stereocenters. The van der Waals surface area contributed by atoms with Gasteiger partial charge in [-0.1, -0.05) is 78.9 Å². The number of rotatable bonds is 7. The number of allylic oxidation sites excluding steroid dienone is 1. The number of ether oxygens (including phenoxy) is 2. The van der Waals surface area contributed by atoms with Crippen LogP contribution in [0.5, 0.6) is 5.75 Å². The van der Waals surface area contributed by atoms with Crippen molar-refractivity contribution in [2.75, 3.05) is 7.11 Å². The number of hydrogen-bond acceptors (Lipinski definition) is 4. The third-order valence-electron chi connectivity index (χ3n) is 5.96. The zero-order valence-electron chi connectivity index (χ0n) is 19.5. The number of hydrogen-bond donors (Lipinski definition) is 0. The number of esters is 1. The van der Waals surface area contributed by atoms with Crippen LogP contribution in [0.2, 0.25) is 0 Å². The lowest BCUT2D eigenvalue weighted by atomic mass is 10.0. The lowest BCUT2D eigenvalue weighted by molar-refractivity contribution is -0.136. The summed E-state index contributed by atoms with van der Waals surface area (Å²) in [4.78, 5) is 28.0. The van der Waals surface area contributed by atoms with Gasteiger partial charge in [0.05, 0.1) is 24.3 Å². The monoisotopic (exact) mass is 453 g/mol. The second-order valence-electron chi connectivity index (χ2n) is 8.08. The first-order chi connectivity index (χ1) is 16.5. The van der Waals surface area contributed by atoms with E-state index in [-0.39, 0.29) is 17.5 Å². The summed E-state index contributed by atoms with van der Waals surface area (Å²) in [6.45, 7) is 4.12. The first-order valence-corrected chi connectivity index (χ1v) is 11.2. The van der Waals surface area contributed by atoms with Gasteiger partial charge in [0.1, 0.15) is 12.4 Å². The summed E-state index contributed by atoms with van der Waals surface area (Å²) in [5, 5.41) is 0. The molecule has 1 aliphatic heterocycles. The third-order valence-corrected chi connectivity index (χ3v) is 5.96. The van der Waals surface area contributed by atoms with Gasteiger partial charge in [-0.3, -0.25) is 4.79 Å². The Labute approximate surface area is 199 Å². The lowest BCUT2D eigenvalue weighted by Gasteiger charge is -2.26. The lowest BCUT2D eigenvalue weighted by Crippen LogP contribution is -2.28. The van der Waals surface area contributed by atoms with Crippen molar-refractivity contribution in [2.45, 2.75) is 26.5 Å². The molecular weight excluding hydrogens is 426 g/mol. The number of para-hydroxylation sites is 1. The van der Waals surface area contributed by atoms with Crippen LogP contribution >= 0.6 is 0 Å². The molecule has 0 saturated carbocycles. The van der Waals surface area contributed by atoms with Crippen LogP contribution < -0.4 is 4.74 Å². The molecule has 4 rings (SSSR count). The van der Waals surface area contributed by atoms with Crippen LogP contribution in [-0.4, -0.2) is 23.9 Å². The van der Waals surface area contributed by atoms with Gasteiger partial charge in [-0.15, -0.1) is 0 Å². The Kier molecular flexibility index (Phi) is 6.93. The zero-order chi connectivity index (χ0) is 24.1. The Morgan fingerprint density at radius 3 is 2.24 bits per heavy atom. The molecule has 1 amide bonds. The van der Waals surface area contributed by atoms with Crippen LogP contribution in [0.1, 0.15) is 36.6 Å². The van der Waals surface area contributed by atoms with Crippen molar-refractivity contribution in [3.05, 3.63) is 118 Å². The molecule has 0 saturated heterocycles. The minimum atomic E-state index is -0.539. The second kappa shape index (κ2) is 10.2. The Morgan fingerprint density at radius 2 is 1.56 bits per heavy atom. The predicted molar refractivity (Wildman–Crippen MR) is 132 cm³/mol. The van der Waals surface area contributed by atoms with E-state index in [4.69, 9.17) is 9.47 Å². The molecule has 3 aromatic carbocycles. The molecule has 1 aliphatic rings. The molecule has 0 unspecified atom stereocenters. The highest BCUT2D eigenvalue weighted by atomic mass is 16.5. The number of methoxy groups -OCH3 is 1. The smallest absolute Gasteiger partial charge is 0.340 e. The standard InChI is InChI=1S/C29H27NO4/c1-20(23-14-8-5-9-15-23)30-21(2)27(29(32)33-3)25(28(30)31)18-24-16-10-11-17-26(24)34-19-22-12-6-4-7-13-22/h4-18,20H,19H2,1-3H3/b25-18-/t20-/m0/s1. The predicted octanol–water partition coefficient (Wildman–Crippen LogP) is 5.70. The van der Waals surface area contributed by atoms with Gasteiger partial charge in [0.25, 0.3) is 5.91 Å². The molecule has 34 heavy (non-hydrogen) atoms. The quantitative estimate of drug-likeness (QED) is 0.340. The summed E-state index contributed by atoms with van der Waals surface area (Å²) in [5.74, 6) is -0.155. The molecule has 5 nitrogen and oxygen atoms in total. The summed E-state index contributed by atoms with van der Waals surface area (Å²) in [5.41, 5.74) is 3.87. The van der Waals surface area contributed by atoms with Crippen molar-refractivity contribution >= 4 is 18.0 Å². The minimum Gasteiger partial charge on any atom is -0.488 e. The summed E-state index contributed by atoms with van der Waals surface area (Å²) in [7, 11) is 1.32. The maximum Gasteiger partial charge on any atom is 0.340 e. The van der Waals surface area contributed by atoms with Crippen LogP contribution in [-0.2, 0) is 20.9 Å². The number of nitrogens with zero attached hydrogens (tertiary/aromatic N) is 1. The summed E-state index contributed by atoms with van der Waals surface area (Å²) in [6, 6.07) is 26.8. The molecule has 0 aromatic heterocycles. The minimum absolute atomic E-state index is 0.243. The number of carbonyl (C=O) groups is 2. The normalized spacial score (nSPS) is 15.6. The van der Waals surface area contributed by atoms with Crippen LogP contribution in [0, 0.1) is 0 Å². The van der Waals surface area contributed by atoms with Gasteiger partial charge in [0.15, 0.2) is 0 Å². The van der Waals surface area contributed by atoms with E-state index in [2.05, 4.69) is 0 Å². The largest absolute Gasteiger partial charge is 0.488 e. The van der Waals surface area contributed by atoms with E-state index in [1.165, 1.54) is 7.11 Å². The van der Waals surface area contributed by atoms with Gasteiger partial charge < -0.3 is 14.4 Å². The summed E-state index contributed by atoms with van der Waals surface area (Å²) >= 11 is 0. The average molecular weight is 454 g/mol. The maximum atomic E-state index is 13.6. The van der Waals surface area contributed by atoms with Gasteiger partial charge in [-0.2, -0.15) is 0 Å². The van der Waals surface area contributed by atoms with Gasteiger partial charge in [0.2, 0.25) is 0 Å². The summed E-state index contributed by atoms with van der Waals surface area (Å²) in [6.07, 6.45) is 1.72. The Morgan fingerprint density at radius 1 is 0.941 bits per heavy atom. The molecule has 0 bridgehead atoms. The van der Waals surface area contributed by atoms with E-state index < -0.39 is 5.97 Å². The maximum absolute atomic E-state index is 13.6. The number of carbonyl (C=O) groups excluding carboxylic acids is 2. The Bertz CT molecular complexity index is 1250. The SMILES string of the molecule is COC(=O)C1=C(C)N([C@@H](C)c2ccccc2)C(=O)/C1=C\c1ccccc1OCc1ccccc1. The molecule has 1 heterocycles. The van der Waals surface area contributed by atoms with E-state index in [1.54, 1.807) is 17.9 Å². The van der Waals surface area contributed by atoms with Crippen molar-refractivity contribution < 1.29 is 19.1 Å². The fraction of sp³-hybridized carbons (Fsp3) is 0.172. The Hall–Kier alpha value is -4.12. The van der Waals surface area contributed by atoms with Crippen molar-refractivity contribution in [2.24, 2.45) is 0 Å². The van der Waals surface area contributed by atoms with E-state index in [1.807, 2.05) is 91.9 Å². The molecule has 5 heteroatoms. The van der Waals surface area contributed by atoms with Crippen molar-refractivity contribution in [3.8, 4) is 5.75 Å². The zero-order valence-corrected chi connectivity index (χ0v) is 19.5. The molecule has 0 spiro atoms. The van der Waals surface area contributed by atoms with E-state index >= 15 is 0 Å². The van der Waals surface area contributed by atoms with Crippen molar-refractivity contribution in [1.29, 1.82) is 0 Å². The Balaban J connectivity index is 1.71. The highest BCUT2D eigenvalue weighted by molar-refractivity contribution is 6.16. The van der Waals surface area contributed by atoms with E-state index in [9.17, 15) is 9.59 Å². The molecule has 3 aromatic rings. The molecule has 0 N–H and O–H groups in total. The first kappa shape index (κ1) is 23.1. The highest BCUT2D eigenvalue weighted by Gasteiger charge is 2.39. The van der Waals surface area contributed by atoms with Gasteiger partial charge >= 0.3 is 5.97 Å². The van der Waals surface area contributed by atoms with Crippen LogP contribution in [0.25, 0.3) is 6.08 Å². The van der Waals surface area contributed by atoms with Crippen LogP contribution in [0.15, 0.2) is 102 Å². The average Bonchev–Trinajstić information content (AvgIpc) is 3.12. The third kappa shape index (κ3) is 4.64. The van der Waals surface area contributed by atoms with Gasteiger partial charge in [-0.05, 0) is 37.1 Å². The molecular formula is C29H27NO4. The van der Waals surface area contributed by atoms with Crippen molar-refractivity contribution in [3.63, 3.8) is 0 Å². The topological polar surface area (TPSA) is 55.8 Å². The fourth-order valence-corrected chi connectivity index (χ4v) is 4.17. The molecule has 0 fully saturated rings. The van der Waals surface area contributed by atoms with Crippen molar-refractivity contribution in [1.82, 2.24) is 4.90 Å². The van der Waals surface area contributed by atoms with E-state index in [0.29, 0.717) is 29.2 Å². The van der Waals surface area contributed by atoms with Gasteiger partial charge in [-0.25, -0.2) is 4.79 Å². The molecule has 0 radical (unpaired) electrons. The fourth-order valence-electron chi connectivity index (χ4n) is 4.17. The second-order valence-corrected chi connectivity index (χ2v) is 8.08. The summed E-state index contributed by atoms with van der Waals surface area (Å²) < 4.78 is 11.1. The molecule has 0 aliphatic carbocycles. The number of benzene rings is 3. The van der Waals surface area contributed by atoms with Crippen LogP contribution in [0.4, 0.5) is 0 Å².